The number of benzene rings is 1. The summed E-state index contributed by atoms with van der Waals surface area (Å²) in [7, 11) is 0. The molecule has 0 radical (unpaired) electrons. The molecule has 1 aliphatic heterocycles. The molecule has 0 saturated carbocycles. The molecule has 0 aliphatic carbocycles. The molecule has 150 valence electrons. The second-order valence-electron chi connectivity index (χ2n) is 7.20. The molecule has 1 atom stereocenters. The Morgan fingerprint density at radius 1 is 1.14 bits per heavy atom. The van der Waals surface area contributed by atoms with Gasteiger partial charge in [-0.3, -0.25) is 4.79 Å². The number of piperidine rings is 1. The van der Waals surface area contributed by atoms with E-state index in [-0.39, 0.29) is 11.9 Å². The number of rotatable bonds is 5. The zero-order valence-electron chi connectivity index (χ0n) is 16.5. The van der Waals surface area contributed by atoms with Crippen molar-refractivity contribution in [3.05, 3.63) is 54.2 Å². The molecule has 8 heteroatoms. The normalized spacial score (nSPS) is 15.9. The largest absolute Gasteiger partial charge is 0.452 e. The Labute approximate surface area is 169 Å². The fraction of sp³-hybridized carbons (Fsp3) is 0.381. The van der Waals surface area contributed by atoms with Crippen molar-refractivity contribution in [1.82, 2.24) is 20.2 Å². The second-order valence-corrected chi connectivity index (χ2v) is 7.20. The van der Waals surface area contributed by atoms with Crippen LogP contribution in [0.2, 0.25) is 0 Å². The number of ether oxygens (including phenoxy) is 1. The number of carbonyl (C=O) groups is 1. The number of aromatic nitrogens is 4. The van der Waals surface area contributed by atoms with Gasteiger partial charge in [0, 0.05) is 31.0 Å². The zero-order chi connectivity index (χ0) is 20.2. The number of hydrogen-bond acceptors (Lipinski definition) is 8. The average Bonchev–Trinajstić information content (AvgIpc) is 3.25. The van der Waals surface area contributed by atoms with E-state index in [0.29, 0.717) is 30.6 Å². The lowest BCUT2D eigenvalue weighted by atomic mass is 9.97. The summed E-state index contributed by atoms with van der Waals surface area (Å²) in [5.74, 6) is 1.02. The fourth-order valence-corrected chi connectivity index (χ4v) is 3.30. The van der Waals surface area contributed by atoms with E-state index >= 15 is 0 Å². The number of nitrogens with zero attached hydrogens (tertiary/aromatic N) is 5. The number of anilines is 1. The van der Waals surface area contributed by atoms with Gasteiger partial charge in [0.15, 0.2) is 6.10 Å². The first-order valence-electron chi connectivity index (χ1n) is 9.73. The summed E-state index contributed by atoms with van der Waals surface area (Å²) in [4.78, 5) is 23.2. The summed E-state index contributed by atoms with van der Waals surface area (Å²) in [5, 5.41) is 8.12. The molecule has 1 aromatic carbocycles. The maximum atomic E-state index is 12.6. The van der Waals surface area contributed by atoms with E-state index in [1.807, 2.05) is 31.2 Å². The van der Waals surface area contributed by atoms with E-state index < -0.39 is 6.10 Å². The first-order chi connectivity index (χ1) is 14.1. The summed E-state index contributed by atoms with van der Waals surface area (Å²) in [6.45, 7) is 5.20. The van der Waals surface area contributed by atoms with Crippen molar-refractivity contribution in [1.29, 1.82) is 0 Å². The Hall–Kier alpha value is -3.29. The standard InChI is InChI=1S/C21H23N5O3/c1-14-4-6-16(7-5-14)19-25-24-18(29-19)15(2)28-20(27)17-8-12-26(13-9-17)21-22-10-3-11-23-21/h3-7,10-11,15,17H,8-9,12-13H2,1-2H3. The molecule has 8 nitrogen and oxygen atoms in total. The van der Waals surface area contributed by atoms with Gasteiger partial charge in [-0.05, 0) is 44.9 Å². The van der Waals surface area contributed by atoms with Crippen LogP contribution in [0.25, 0.3) is 11.5 Å². The number of esters is 1. The summed E-state index contributed by atoms with van der Waals surface area (Å²) in [6.07, 6.45) is 4.24. The van der Waals surface area contributed by atoms with Crippen LogP contribution < -0.4 is 4.90 Å². The van der Waals surface area contributed by atoms with E-state index in [9.17, 15) is 4.79 Å². The van der Waals surface area contributed by atoms with E-state index in [1.54, 1.807) is 25.4 Å². The minimum absolute atomic E-state index is 0.156. The lowest BCUT2D eigenvalue weighted by molar-refractivity contribution is -0.155. The molecule has 2 aromatic heterocycles. The third-order valence-corrected chi connectivity index (χ3v) is 5.04. The van der Waals surface area contributed by atoms with Gasteiger partial charge < -0.3 is 14.1 Å². The molecule has 0 bridgehead atoms. The van der Waals surface area contributed by atoms with Crippen LogP contribution in [-0.2, 0) is 9.53 Å². The third kappa shape index (κ3) is 4.42. The summed E-state index contributed by atoms with van der Waals surface area (Å²) < 4.78 is 11.3. The van der Waals surface area contributed by atoms with Crippen molar-refractivity contribution in [3.63, 3.8) is 0 Å². The van der Waals surface area contributed by atoms with Gasteiger partial charge in [0.25, 0.3) is 5.89 Å². The van der Waals surface area contributed by atoms with E-state index in [0.717, 1.165) is 24.2 Å². The van der Waals surface area contributed by atoms with Crippen LogP contribution in [0.1, 0.15) is 37.3 Å². The third-order valence-electron chi connectivity index (χ3n) is 5.04. The van der Waals surface area contributed by atoms with E-state index in [1.165, 1.54) is 0 Å². The van der Waals surface area contributed by atoms with Crippen molar-refractivity contribution >= 4 is 11.9 Å². The Balaban J connectivity index is 1.32. The van der Waals surface area contributed by atoms with Gasteiger partial charge in [0.05, 0.1) is 5.92 Å². The topological polar surface area (TPSA) is 94.2 Å². The van der Waals surface area contributed by atoms with Crippen molar-refractivity contribution in [2.24, 2.45) is 5.92 Å². The second kappa shape index (κ2) is 8.38. The van der Waals surface area contributed by atoms with Gasteiger partial charge in [0.1, 0.15) is 0 Å². The maximum absolute atomic E-state index is 12.6. The molecule has 3 aromatic rings. The first-order valence-corrected chi connectivity index (χ1v) is 9.73. The molecule has 0 amide bonds. The highest BCUT2D eigenvalue weighted by molar-refractivity contribution is 5.73. The van der Waals surface area contributed by atoms with Gasteiger partial charge in [-0.1, -0.05) is 17.7 Å². The van der Waals surface area contributed by atoms with Crippen LogP contribution in [0, 0.1) is 12.8 Å². The molecule has 3 heterocycles. The Bertz CT molecular complexity index is 950. The van der Waals surface area contributed by atoms with E-state index in [2.05, 4.69) is 25.1 Å². The van der Waals surface area contributed by atoms with Crippen LogP contribution in [-0.4, -0.2) is 39.2 Å². The number of aryl methyl sites for hydroxylation is 1. The zero-order valence-corrected chi connectivity index (χ0v) is 16.5. The molecule has 4 rings (SSSR count). The summed E-state index contributed by atoms with van der Waals surface area (Å²) >= 11 is 0. The average molecular weight is 393 g/mol. The van der Waals surface area contributed by atoms with Gasteiger partial charge in [-0.15, -0.1) is 10.2 Å². The minimum Gasteiger partial charge on any atom is -0.452 e. The Morgan fingerprint density at radius 3 is 2.52 bits per heavy atom. The van der Waals surface area contributed by atoms with Crippen molar-refractivity contribution < 1.29 is 13.9 Å². The highest BCUT2D eigenvalue weighted by atomic mass is 16.6. The fourth-order valence-electron chi connectivity index (χ4n) is 3.30. The molecule has 1 unspecified atom stereocenters. The minimum atomic E-state index is -0.593. The molecule has 29 heavy (non-hydrogen) atoms. The SMILES string of the molecule is Cc1ccc(-c2nnc(C(C)OC(=O)C3CCN(c4ncccn4)CC3)o2)cc1. The lowest BCUT2D eigenvalue weighted by Crippen LogP contribution is -2.38. The Morgan fingerprint density at radius 2 is 1.83 bits per heavy atom. The molecule has 1 aliphatic rings. The molecular formula is C21H23N5O3. The maximum Gasteiger partial charge on any atom is 0.309 e. The lowest BCUT2D eigenvalue weighted by Gasteiger charge is -2.31. The molecule has 0 spiro atoms. The predicted octanol–water partition coefficient (Wildman–Crippen LogP) is 3.36. The van der Waals surface area contributed by atoms with Crippen LogP contribution in [0.15, 0.2) is 47.1 Å². The molecule has 0 N–H and O–H groups in total. The monoisotopic (exact) mass is 393 g/mol. The number of carbonyl (C=O) groups excluding carboxylic acids is 1. The van der Waals surface area contributed by atoms with Crippen molar-refractivity contribution in [2.75, 3.05) is 18.0 Å². The first kappa shape index (κ1) is 19.0. The molecule has 1 fully saturated rings. The van der Waals surface area contributed by atoms with Crippen LogP contribution >= 0.6 is 0 Å². The molecular weight excluding hydrogens is 370 g/mol. The Kier molecular flexibility index (Phi) is 5.50. The van der Waals surface area contributed by atoms with Crippen molar-refractivity contribution in [2.45, 2.75) is 32.8 Å². The quantitative estimate of drug-likeness (QED) is 0.609. The van der Waals surface area contributed by atoms with Gasteiger partial charge in [-0.25, -0.2) is 9.97 Å². The smallest absolute Gasteiger partial charge is 0.309 e. The van der Waals surface area contributed by atoms with Crippen LogP contribution in [0.4, 0.5) is 5.95 Å². The predicted molar refractivity (Wildman–Crippen MR) is 106 cm³/mol. The van der Waals surface area contributed by atoms with Gasteiger partial charge >= 0.3 is 5.97 Å². The summed E-state index contributed by atoms with van der Waals surface area (Å²) in [5.41, 5.74) is 1.99. The molecule has 1 saturated heterocycles. The van der Waals surface area contributed by atoms with Crippen LogP contribution in [0.3, 0.4) is 0 Å². The summed E-state index contributed by atoms with van der Waals surface area (Å²) in [6, 6.07) is 9.60. The highest BCUT2D eigenvalue weighted by Gasteiger charge is 2.29. The van der Waals surface area contributed by atoms with Crippen LogP contribution in [0.5, 0.6) is 0 Å². The van der Waals surface area contributed by atoms with E-state index in [4.69, 9.17) is 9.15 Å². The highest BCUT2D eigenvalue weighted by Crippen LogP contribution is 2.26. The van der Waals surface area contributed by atoms with Gasteiger partial charge in [0.2, 0.25) is 11.8 Å². The van der Waals surface area contributed by atoms with Crippen molar-refractivity contribution in [3.8, 4) is 11.5 Å². The van der Waals surface area contributed by atoms with Gasteiger partial charge in [-0.2, -0.15) is 0 Å². The number of hydrogen-bond donors (Lipinski definition) is 0.